The quantitative estimate of drug-likeness (QED) is 0.729. The van der Waals surface area contributed by atoms with Gasteiger partial charge in [-0.15, -0.1) is 0 Å². The first-order valence-electron chi connectivity index (χ1n) is 7.74. The first-order chi connectivity index (χ1) is 11.0. The highest BCUT2D eigenvalue weighted by Crippen LogP contribution is 2.15. The lowest BCUT2D eigenvalue weighted by atomic mass is 10.1. The van der Waals surface area contributed by atoms with E-state index >= 15 is 0 Å². The van der Waals surface area contributed by atoms with Crippen LogP contribution < -0.4 is 5.32 Å². The average Bonchev–Trinajstić information content (AvgIpc) is 2.59. The number of rotatable bonds is 8. The molecule has 2 rings (SSSR count). The van der Waals surface area contributed by atoms with Gasteiger partial charge < -0.3 is 10.4 Å². The van der Waals surface area contributed by atoms with Crippen LogP contribution in [-0.4, -0.2) is 25.8 Å². The number of benzene rings is 2. The van der Waals surface area contributed by atoms with Crippen molar-refractivity contribution in [3.8, 4) is 0 Å². The van der Waals surface area contributed by atoms with Gasteiger partial charge in [-0.2, -0.15) is 0 Å². The SMILES string of the molecule is CC(NCCCS(=O)(=O)c1ccccc1)c1cccc(CO)c1. The number of hydrogen-bond acceptors (Lipinski definition) is 4. The Bertz CT molecular complexity index is 714. The fourth-order valence-corrected chi connectivity index (χ4v) is 3.74. The molecule has 2 aromatic carbocycles. The molecule has 0 aliphatic carbocycles. The van der Waals surface area contributed by atoms with E-state index in [0.717, 1.165) is 11.1 Å². The minimum atomic E-state index is -3.21. The van der Waals surface area contributed by atoms with Crippen LogP contribution in [0.25, 0.3) is 0 Å². The van der Waals surface area contributed by atoms with Crippen LogP contribution in [-0.2, 0) is 16.4 Å². The zero-order valence-corrected chi connectivity index (χ0v) is 14.1. The Kier molecular flexibility index (Phi) is 6.33. The van der Waals surface area contributed by atoms with Crippen molar-refractivity contribution >= 4 is 9.84 Å². The molecule has 0 radical (unpaired) electrons. The number of aliphatic hydroxyl groups is 1. The standard InChI is InChI=1S/C18H23NO3S/c1-15(17-8-5-7-16(13-17)14-20)19-11-6-12-23(21,22)18-9-3-2-4-10-18/h2-5,7-10,13,15,19-20H,6,11-12,14H2,1H3. The number of nitrogens with one attached hydrogen (secondary N) is 1. The lowest BCUT2D eigenvalue weighted by Crippen LogP contribution is -2.22. The topological polar surface area (TPSA) is 66.4 Å². The van der Waals surface area contributed by atoms with Crippen molar-refractivity contribution in [2.24, 2.45) is 0 Å². The third-order valence-corrected chi connectivity index (χ3v) is 5.59. The van der Waals surface area contributed by atoms with Gasteiger partial charge >= 0.3 is 0 Å². The molecule has 0 heterocycles. The van der Waals surface area contributed by atoms with Gasteiger partial charge in [0.1, 0.15) is 0 Å². The van der Waals surface area contributed by atoms with E-state index in [2.05, 4.69) is 5.32 Å². The van der Waals surface area contributed by atoms with Gasteiger partial charge in [0.25, 0.3) is 0 Å². The normalized spacial score (nSPS) is 13.0. The third kappa shape index (κ3) is 5.16. The third-order valence-electron chi connectivity index (χ3n) is 3.78. The first-order valence-corrected chi connectivity index (χ1v) is 9.39. The lowest BCUT2D eigenvalue weighted by molar-refractivity contribution is 0.281. The highest BCUT2D eigenvalue weighted by atomic mass is 32.2. The van der Waals surface area contributed by atoms with Crippen molar-refractivity contribution in [1.82, 2.24) is 5.32 Å². The van der Waals surface area contributed by atoms with Gasteiger partial charge in [-0.25, -0.2) is 8.42 Å². The van der Waals surface area contributed by atoms with Crippen LogP contribution in [0.1, 0.15) is 30.5 Å². The van der Waals surface area contributed by atoms with Crippen LogP contribution in [0, 0.1) is 0 Å². The maximum atomic E-state index is 12.2. The lowest BCUT2D eigenvalue weighted by Gasteiger charge is -2.15. The Labute approximate surface area is 138 Å². The summed E-state index contributed by atoms with van der Waals surface area (Å²) >= 11 is 0. The molecule has 0 saturated carbocycles. The molecule has 0 spiro atoms. The van der Waals surface area contributed by atoms with E-state index in [1.807, 2.05) is 37.3 Å². The van der Waals surface area contributed by atoms with Crippen LogP contribution in [0.5, 0.6) is 0 Å². The smallest absolute Gasteiger partial charge is 0.178 e. The van der Waals surface area contributed by atoms with Crippen LogP contribution in [0.3, 0.4) is 0 Å². The van der Waals surface area contributed by atoms with Crippen molar-refractivity contribution in [3.05, 3.63) is 65.7 Å². The molecule has 0 saturated heterocycles. The Morgan fingerprint density at radius 1 is 1.09 bits per heavy atom. The summed E-state index contributed by atoms with van der Waals surface area (Å²) in [7, 11) is -3.21. The summed E-state index contributed by atoms with van der Waals surface area (Å²) in [6.07, 6.45) is 0.557. The van der Waals surface area contributed by atoms with Gasteiger partial charge in [-0.3, -0.25) is 0 Å². The summed E-state index contributed by atoms with van der Waals surface area (Å²) in [5.41, 5.74) is 1.96. The molecule has 5 heteroatoms. The Morgan fingerprint density at radius 3 is 2.52 bits per heavy atom. The molecule has 0 aromatic heterocycles. The van der Waals surface area contributed by atoms with Crippen molar-refractivity contribution < 1.29 is 13.5 Å². The molecule has 2 aromatic rings. The molecule has 0 fully saturated rings. The molecular formula is C18H23NO3S. The zero-order chi connectivity index (χ0) is 16.7. The van der Waals surface area contributed by atoms with Gasteiger partial charge in [-0.05, 0) is 43.1 Å². The molecule has 0 bridgehead atoms. The second-order valence-electron chi connectivity index (χ2n) is 5.56. The second kappa shape index (κ2) is 8.24. The largest absolute Gasteiger partial charge is 0.392 e. The summed E-state index contributed by atoms with van der Waals surface area (Å²) in [5.74, 6) is 0.132. The Hall–Kier alpha value is -1.69. The van der Waals surface area contributed by atoms with Crippen molar-refractivity contribution in [2.75, 3.05) is 12.3 Å². The molecule has 0 aliphatic rings. The van der Waals surface area contributed by atoms with Gasteiger partial charge in [0.2, 0.25) is 0 Å². The summed E-state index contributed by atoms with van der Waals surface area (Å²) in [6, 6.07) is 16.4. The second-order valence-corrected chi connectivity index (χ2v) is 7.67. The maximum absolute atomic E-state index is 12.2. The Morgan fingerprint density at radius 2 is 1.83 bits per heavy atom. The number of aliphatic hydroxyl groups excluding tert-OH is 1. The van der Waals surface area contributed by atoms with Crippen LogP contribution in [0.4, 0.5) is 0 Å². The van der Waals surface area contributed by atoms with Crippen molar-refractivity contribution in [1.29, 1.82) is 0 Å². The van der Waals surface area contributed by atoms with Gasteiger partial charge in [0.05, 0.1) is 17.3 Å². The Balaban J connectivity index is 1.83. The van der Waals surface area contributed by atoms with E-state index in [9.17, 15) is 8.42 Å². The molecule has 1 unspecified atom stereocenters. The number of sulfone groups is 1. The minimum Gasteiger partial charge on any atom is -0.392 e. The molecule has 0 aliphatic heterocycles. The fraction of sp³-hybridized carbons (Fsp3) is 0.333. The van der Waals surface area contributed by atoms with E-state index in [4.69, 9.17) is 5.11 Å². The highest BCUT2D eigenvalue weighted by molar-refractivity contribution is 7.91. The van der Waals surface area contributed by atoms with Crippen molar-refractivity contribution in [3.63, 3.8) is 0 Å². The van der Waals surface area contributed by atoms with Crippen LogP contribution in [0.2, 0.25) is 0 Å². The highest BCUT2D eigenvalue weighted by Gasteiger charge is 2.13. The van der Waals surface area contributed by atoms with Gasteiger partial charge in [0, 0.05) is 6.04 Å². The molecule has 23 heavy (non-hydrogen) atoms. The predicted octanol–water partition coefficient (Wildman–Crippen LogP) is 2.69. The summed E-state index contributed by atoms with van der Waals surface area (Å²) < 4.78 is 24.3. The van der Waals surface area contributed by atoms with E-state index in [0.29, 0.717) is 17.9 Å². The first kappa shape index (κ1) is 17.7. The fourth-order valence-electron chi connectivity index (χ4n) is 2.41. The average molecular weight is 333 g/mol. The molecule has 124 valence electrons. The van der Waals surface area contributed by atoms with E-state index in [-0.39, 0.29) is 18.4 Å². The van der Waals surface area contributed by atoms with E-state index in [1.165, 1.54) is 0 Å². The van der Waals surface area contributed by atoms with Crippen molar-refractivity contribution in [2.45, 2.75) is 30.9 Å². The summed E-state index contributed by atoms with van der Waals surface area (Å²) in [6.45, 7) is 2.68. The van der Waals surface area contributed by atoms with E-state index < -0.39 is 9.84 Å². The van der Waals surface area contributed by atoms with Gasteiger partial charge in [0.15, 0.2) is 9.84 Å². The van der Waals surface area contributed by atoms with E-state index in [1.54, 1.807) is 24.3 Å². The van der Waals surface area contributed by atoms with Gasteiger partial charge in [-0.1, -0.05) is 42.5 Å². The minimum absolute atomic E-state index is 0.0237. The molecule has 0 amide bonds. The molecule has 4 nitrogen and oxygen atoms in total. The molecule has 1 atom stereocenters. The zero-order valence-electron chi connectivity index (χ0n) is 13.3. The number of hydrogen-bond donors (Lipinski definition) is 2. The maximum Gasteiger partial charge on any atom is 0.178 e. The predicted molar refractivity (Wildman–Crippen MR) is 91.9 cm³/mol. The summed E-state index contributed by atoms with van der Waals surface area (Å²) in [5, 5.41) is 12.5. The van der Waals surface area contributed by atoms with Crippen LogP contribution >= 0.6 is 0 Å². The van der Waals surface area contributed by atoms with Crippen LogP contribution in [0.15, 0.2) is 59.5 Å². The monoisotopic (exact) mass is 333 g/mol. The molecule has 2 N–H and O–H groups in total. The molecular weight excluding hydrogens is 310 g/mol. The summed E-state index contributed by atoms with van der Waals surface area (Å²) in [4.78, 5) is 0.378.